The number of hydrogen-bond acceptors (Lipinski definition) is 4. The summed E-state index contributed by atoms with van der Waals surface area (Å²) in [6.45, 7) is 1.16. The lowest BCUT2D eigenvalue weighted by Crippen LogP contribution is -2.37. The number of likely N-dealkylation sites (tertiary alicyclic amines) is 1. The Hall–Kier alpha value is -3.41. The zero-order chi connectivity index (χ0) is 19.3. The van der Waals surface area contributed by atoms with Crippen LogP contribution in [0.25, 0.3) is 11.3 Å². The molecule has 1 aromatic heterocycles. The second kappa shape index (κ2) is 8.08. The summed E-state index contributed by atoms with van der Waals surface area (Å²) in [5.41, 5.74) is 2.68. The van der Waals surface area contributed by atoms with Gasteiger partial charge >= 0.3 is 0 Å². The summed E-state index contributed by atoms with van der Waals surface area (Å²) in [7, 11) is 0. The molecule has 6 heteroatoms. The number of amides is 2. The van der Waals surface area contributed by atoms with Crippen LogP contribution in [0.5, 0.6) is 0 Å². The van der Waals surface area contributed by atoms with Crippen molar-refractivity contribution in [1.29, 1.82) is 0 Å². The number of benzene rings is 2. The van der Waals surface area contributed by atoms with E-state index < -0.39 is 0 Å². The van der Waals surface area contributed by atoms with Crippen molar-refractivity contribution in [3.8, 4) is 11.3 Å². The molecule has 1 aliphatic heterocycles. The molecule has 0 radical (unpaired) electrons. The number of carbonyl (C=O) groups excluding carboxylic acids is 2. The van der Waals surface area contributed by atoms with E-state index in [1.165, 1.54) is 5.56 Å². The topological polar surface area (TPSA) is 75.4 Å². The molecule has 1 N–H and O–H groups in total. The van der Waals surface area contributed by atoms with E-state index in [1.807, 2.05) is 60.7 Å². The van der Waals surface area contributed by atoms with E-state index in [-0.39, 0.29) is 23.6 Å². The lowest BCUT2D eigenvalue weighted by molar-refractivity contribution is -0.127. The smallest absolute Gasteiger partial charge is 0.290 e. The molecule has 0 spiro atoms. The van der Waals surface area contributed by atoms with Gasteiger partial charge in [0.1, 0.15) is 5.69 Å². The maximum absolute atomic E-state index is 12.5. The number of rotatable bonds is 6. The summed E-state index contributed by atoms with van der Waals surface area (Å²) in [5, 5.41) is 6.85. The van der Waals surface area contributed by atoms with Crippen molar-refractivity contribution in [1.82, 2.24) is 15.4 Å². The number of carbonyl (C=O) groups is 2. The van der Waals surface area contributed by atoms with Crippen molar-refractivity contribution in [2.24, 2.45) is 0 Å². The minimum Gasteiger partial charge on any atom is -0.350 e. The molecule has 1 saturated heterocycles. The minimum absolute atomic E-state index is 0.0591. The second-order valence-corrected chi connectivity index (χ2v) is 6.89. The molecule has 2 amide bonds. The molecule has 0 unspecified atom stereocenters. The molecule has 0 aliphatic carbocycles. The summed E-state index contributed by atoms with van der Waals surface area (Å²) in [6, 6.07) is 21.0. The van der Waals surface area contributed by atoms with Crippen molar-refractivity contribution < 1.29 is 14.1 Å². The Morgan fingerprint density at radius 1 is 1.11 bits per heavy atom. The fourth-order valence-corrected chi connectivity index (χ4v) is 3.38. The molecule has 1 aliphatic rings. The van der Waals surface area contributed by atoms with E-state index in [0.717, 1.165) is 12.0 Å². The van der Waals surface area contributed by atoms with Gasteiger partial charge in [-0.3, -0.25) is 9.59 Å². The molecule has 0 bridgehead atoms. The third-order valence-electron chi connectivity index (χ3n) is 4.87. The van der Waals surface area contributed by atoms with Crippen LogP contribution in [0.15, 0.2) is 71.3 Å². The Labute approximate surface area is 163 Å². The zero-order valence-electron chi connectivity index (χ0n) is 15.4. The normalized spacial score (nSPS) is 16.4. The molecular formula is C22H21N3O3. The van der Waals surface area contributed by atoms with Crippen LogP contribution in [0.4, 0.5) is 0 Å². The van der Waals surface area contributed by atoms with Gasteiger partial charge in [-0.15, -0.1) is 0 Å². The molecule has 28 heavy (non-hydrogen) atoms. The van der Waals surface area contributed by atoms with E-state index in [4.69, 9.17) is 4.52 Å². The SMILES string of the molecule is O=C(N[C@@H]1CC(=O)N(CCc2ccccc2)C1)c1cc(-c2ccccc2)no1. The second-order valence-electron chi connectivity index (χ2n) is 6.89. The Bertz CT molecular complexity index is 953. The Balaban J connectivity index is 1.33. The van der Waals surface area contributed by atoms with Gasteiger partial charge in [0.15, 0.2) is 0 Å². The van der Waals surface area contributed by atoms with Gasteiger partial charge < -0.3 is 14.7 Å². The lowest BCUT2D eigenvalue weighted by atomic mass is 10.1. The van der Waals surface area contributed by atoms with Crippen LogP contribution in [0.3, 0.4) is 0 Å². The molecule has 6 nitrogen and oxygen atoms in total. The van der Waals surface area contributed by atoms with E-state index in [1.54, 1.807) is 11.0 Å². The van der Waals surface area contributed by atoms with Crippen molar-refractivity contribution in [2.75, 3.05) is 13.1 Å². The van der Waals surface area contributed by atoms with Crippen LogP contribution < -0.4 is 5.32 Å². The van der Waals surface area contributed by atoms with Gasteiger partial charge in [0.05, 0.1) is 6.04 Å². The first-order chi connectivity index (χ1) is 13.7. The Morgan fingerprint density at radius 2 is 1.82 bits per heavy atom. The quantitative estimate of drug-likeness (QED) is 0.719. The molecule has 1 atom stereocenters. The minimum atomic E-state index is -0.350. The fraction of sp³-hybridized carbons (Fsp3) is 0.227. The van der Waals surface area contributed by atoms with Gasteiger partial charge in [0, 0.05) is 31.1 Å². The largest absolute Gasteiger partial charge is 0.350 e. The highest BCUT2D eigenvalue weighted by molar-refractivity contribution is 5.93. The fourth-order valence-electron chi connectivity index (χ4n) is 3.38. The Morgan fingerprint density at radius 3 is 2.57 bits per heavy atom. The van der Waals surface area contributed by atoms with Gasteiger partial charge in [-0.1, -0.05) is 65.8 Å². The number of nitrogens with one attached hydrogen (secondary N) is 1. The van der Waals surface area contributed by atoms with Crippen molar-refractivity contribution in [2.45, 2.75) is 18.9 Å². The van der Waals surface area contributed by atoms with Gasteiger partial charge in [-0.2, -0.15) is 0 Å². The van der Waals surface area contributed by atoms with Crippen molar-refractivity contribution in [3.63, 3.8) is 0 Å². The molecule has 0 saturated carbocycles. The van der Waals surface area contributed by atoms with Gasteiger partial charge in [0.2, 0.25) is 11.7 Å². The zero-order valence-corrected chi connectivity index (χ0v) is 15.4. The maximum Gasteiger partial charge on any atom is 0.290 e. The first-order valence-electron chi connectivity index (χ1n) is 9.34. The highest BCUT2D eigenvalue weighted by atomic mass is 16.5. The summed E-state index contributed by atoms with van der Waals surface area (Å²) in [4.78, 5) is 26.5. The highest BCUT2D eigenvalue weighted by Crippen LogP contribution is 2.19. The molecule has 142 valence electrons. The van der Waals surface area contributed by atoms with Crippen molar-refractivity contribution in [3.05, 3.63) is 78.1 Å². The van der Waals surface area contributed by atoms with Gasteiger partial charge in [0.25, 0.3) is 5.91 Å². The summed E-state index contributed by atoms with van der Waals surface area (Å²) in [6.07, 6.45) is 1.11. The van der Waals surface area contributed by atoms with Crippen LogP contribution in [-0.4, -0.2) is 41.0 Å². The maximum atomic E-state index is 12.5. The van der Waals surface area contributed by atoms with E-state index >= 15 is 0 Å². The molecule has 4 rings (SSSR count). The average molecular weight is 375 g/mol. The Kier molecular flexibility index (Phi) is 5.19. The number of nitrogens with zero attached hydrogens (tertiary/aromatic N) is 2. The average Bonchev–Trinajstić information content (AvgIpc) is 3.35. The van der Waals surface area contributed by atoms with Gasteiger partial charge in [-0.25, -0.2) is 0 Å². The standard InChI is InChI=1S/C22H21N3O3/c26-21-13-18(15-25(21)12-11-16-7-3-1-4-8-16)23-22(27)20-14-19(24-28-20)17-9-5-2-6-10-17/h1-10,14,18H,11-13,15H2,(H,23,27)/t18-/m1/s1. The van der Waals surface area contributed by atoms with Crippen LogP contribution in [-0.2, 0) is 11.2 Å². The predicted molar refractivity (Wildman–Crippen MR) is 105 cm³/mol. The molecular weight excluding hydrogens is 354 g/mol. The van der Waals surface area contributed by atoms with E-state index in [2.05, 4.69) is 10.5 Å². The van der Waals surface area contributed by atoms with Crippen LogP contribution in [0, 0.1) is 0 Å². The first kappa shape index (κ1) is 18.0. The van der Waals surface area contributed by atoms with Crippen molar-refractivity contribution >= 4 is 11.8 Å². The third-order valence-corrected chi connectivity index (χ3v) is 4.87. The first-order valence-corrected chi connectivity index (χ1v) is 9.34. The summed E-state index contributed by atoms with van der Waals surface area (Å²) >= 11 is 0. The van der Waals surface area contributed by atoms with Gasteiger partial charge in [-0.05, 0) is 12.0 Å². The molecule has 3 aromatic rings. The summed E-state index contributed by atoms with van der Waals surface area (Å²) in [5.74, 6) is -0.143. The number of aromatic nitrogens is 1. The van der Waals surface area contributed by atoms with Crippen LogP contribution >= 0.6 is 0 Å². The monoisotopic (exact) mass is 375 g/mol. The number of hydrogen-bond donors (Lipinski definition) is 1. The lowest BCUT2D eigenvalue weighted by Gasteiger charge is -2.16. The molecule has 2 heterocycles. The third kappa shape index (κ3) is 4.11. The van der Waals surface area contributed by atoms with Crippen LogP contribution in [0.1, 0.15) is 22.5 Å². The molecule has 1 fully saturated rings. The van der Waals surface area contributed by atoms with E-state index in [9.17, 15) is 9.59 Å². The summed E-state index contributed by atoms with van der Waals surface area (Å²) < 4.78 is 5.19. The predicted octanol–water partition coefficient (Wildman–Crippen LogP) is 2.92. The van der Waals surface area contributed by atoms with Crippen LogP contribution in [0.2, 0.25) is 0 Å². The highest BCUT2D eigenvalue weighted by Gasteiger charge is 2.31. The van der Waals surface area contributed by atoms with E-state index in [0.29, 0.717) is 25.2 Å². The molecule has 2 aromatic carbocycles.